The molecule has 0 saturated heterocycles. The van der Waals surface area contributed by atoms with Gasteiger partial charge in [-0.1, -0.05) is 30.3 Å². The minimum absolute atomic E-state index is 0.206. The molecular weight excluding hydrogens is 218 g/mol. The van der Waals surface area contributed by atoms with Crippen LogP contribution in [0.1, 0.15) is 18.9 Å². The average molecular weight is 235 g/mol. The lowest BCUT2D eigenvalue weighted by Gasteiger charge is -2.05. The highest BCUT2D eigenvalue weighted by molar-refractivity contribution is 5.94. The van der Waals surface area contributed by atoms with E-state index in [4.69, 9.17) is 0 Å². The number of amides is 1. The highest BCUT2D eigenvalue weighted by Gasteiger charge is 2.08. The minimum Gasteiger partial charge on any atom is -0.466 e. The first kappa shape index (κ1) is 13.2. The van der Waals surface area contributed by atoms with Crippen LogP contribution in [-0.4, -0.2) is 25.0 Å². The molecule has 17 heavy (non-hydrogen) atoms. The Balaban J connectivity index is 2.18. The monoisotopic (exact) mass is 235 g/mol. The summed E-state index contributed by atoms with van der Waals surface area (Å²) in [7, 11) is 0. The number of hydrogen-bond donors (Lipinski definition) is 1. The van der Waals surface area contributed by atoms with E-state index in [-0.39, 0.29) is 12.3 Å². The Bertz CT molecular complexity index is 362. The van der Waals surface area contributed by atoms with E-state index in [1.54, 1.807) is 6.92 Å². The molecule has 1 N–H and O–H groups in total. The predicted molar refractivity (Wildman–Crippen MR) is 64.4 cm³/mol. The van der Waals surface area contributed by atoms with Crippen LogP contribution in [0.5, 0.6) is 0 Å². The molecule has 4 nitrogen and oxygen atoms in total. The summed E-state index contributed by atoms with van der Waals surface area (Å²) in [5.74, 6) is -0.774. The molecule has 1 rings (SSSR count). The van der Waals surface area contributed by atoms with Gasteiger partial charge in [-0.3, -0.25) is 9.59 Å². The van der Waals surface area contributed by atoms with Crippen molar-refractivity contribution in [1.82, 2.24) is 5.32 Å². The molecule has 0 spiro atoms. The number of carbonyl (C=O) groups excluding carboxylic acids is 2. The molecule has 0 saturated carbocycles. The van der Waals surface area contributed by atoms with Crippen LogP contribution >= 0.6 is 0 Å². The number of rotatable bonds is 6. The van der Waals surface area contributed by atoms with Crippen molar-refractivity contribution in [2.45, 2.75) is 19.8 Å². The number of ether oxygens (including phenoxy) is 1. The van der Waals surface area contributed by atoms with Crippen LogP contribution in [0.15, 0.2) is 30.3 Å². The standard InChI is InChI=1S/C13H17NO3/c1-2-17-13(16)10-12(15)14-9-8-11-6-4-3-5-7-11/h3-7H,2,8-10H2,1H3,(H,14,15). The third kappa shape index (κ3) is 5.70. The van der Waals surface area contributed by atoms with Gasteiger partial charge in [-0.15, -0.1) is 0 Å². The lowest BCUT2D eigenvalue weighted by molar-refractivity contribution is -0.145. The van der Waals surface area contributed by atoms with E-state index in [1.165, 1.54) is 0 Å². The summed E-state index contributed by atoms with van der Waals surface area (Å²) in [6.07, 6.45) is 0.554. The van der Waals surface area contributed by atoms with Gasteiger partial charge in [0.1, 0.15) is 6.42 Å². The van der Waals surface area contributed by atoms with Gasteiger partial charge in [-0.25, -0.2) is 0 Å². The molecule has 1 amide bonds. The van der Waals surface area contributed by atoms with Crippen LogP contribution in [0.4, 0.5) is 0 Å². The quantitative estimate of drug-likeness (QED) is 0.597. The van der Waals surface area contributed by atoms with E-state index in [0.29, 0.717) is 13.2 Å². The zero-order chi connectivity index (χ0) is 12.5. The van der Waals surface area contributed by atoms with Crippen molar-refractivity contribution in [2.24, 2.45) is 0 Å². The topological polar surface area (TPSA) is 55.4 Å². The molecule has 1 aromatic rings. The van der Waals surface area contributed by atoms with Gasteiger partial charge in [0.05, 0.1) is 6.61 Å². The maximum atomic E-state index is 11.3. The van der Waals surface area contributed by atoms with Crippen molar-refractivity contribution in [1.29, 1.82) is 0 Å². The van der Waals surface area contributed by atoms with Crippen LogP contribution in [0.25, 0.3) is 0 Å². The molecule has 0 bridgehead atoms. The number of benzene rings is 1. The van der Waals surface area contributed by atoms with Gasteiger partial charge in [0.25, 0.3) is 0 Å². The molecule has 1 aromatic carbocycles. The van der Waals surface area contributed by atoms with Gasteiger partial charge in [0.2, 0.25) is 5.91 Å². The second-order valence-corrected chi connectivity index (χ2v) is 3.57. The van der Waals surface area contributed by atoms with E-state index in [2.05, 4.69) is 10.1 Å². The third-order valence-corrected chi connectivity index (χ3v) is 2.19. The van der Waals surface area contributed by atoms with Crippen molar-refractivity contribution >= 4 is 11.9 Å². The van der Waals surface area contributed by atoms with Crippen LogP contribution in [0.2, 0.25) is 0 Å². The van der Waals surface area contributed by atoms with Gasteiger partial charge in [-0.2, -0.15) is 0 Å². The van der Waals surface area contributed by atoms with Gasteiger partial charge >= 0.3 is 5.97 Å². The van der Waals surface area contributed by atoms with Crippen LogP contribution in [0.3, 0.4) is 0 Å². The van der Waals surface area contributed by atoms with Crippen molar-refractivity contribution in [3.05, 3.63) is 35.9 Å². The Morgan fingerprint density at radius 2 is 1.94 bits per heavy atom. The van der Waals surface area contributed by atoms with Gasteiger partial charge < -0.3 is 10.1 Å². The van der Waals surface area contributed by atoms with E-state index in [0.717, 1.165) is 12.0 Å². The maximum Gasteiger partial charge on any atom is 0.315 e. The predicted octanol–water partition coefficient (Wildman–Crippen LogP) is 1.30. The van der Waals surface area contributed by atoms with Crippen LogP contribution in [0, 0.1) is 0 Å². The molecule has 0 fully saturated rings. The Morgan fingerprint density at radius 3 is 2.59 bits per heavy atom. The molecule has 0 aliphatic carbocycles. The summed E-state index contributed by atoms with van der Waals surface area (Å²) in [5.41, 5.74) is 1.16. The fraction of sp³-hybridized carbons (Fsp3) is 0.385. The van der Waals surface area contributed by atoms with Crippen LogP contribution in [-0.2, 0) is 20.7 Å². The zero-order valence-electron chi connectivity index (χ0n) is 9.94. The normalized spacial score (nSPS) is 9.71. The Morgan fingerprint density at radius 1 is 1.24 bits per heavy atom. The highest BCUT2D eigenvalue weighted by Crippen LogP contribution is 1.98. The second-order valence-electron chi connectivity index (χ2n) is 3.57. The average Bonchev–Trinajstić information content (AvgIpc) is 2.30. The first-order chi connectivity index (χ1) is 8.22. The second kappa shape index (κ2) is 7.44. The van der Waals surface area contributed by atoms with Gasteiger partial charge in [-0.05, 0) is 18.9 Å². The fourth-order valence-corrected chi connectivity index (χ4v) is 1.40. The summed E-state index contributed by atoms with van der Waals surface area (Å²) in [6.45, 7) is 2.55. The molecule has 0 unspecified atom stereocenters. The minimum atomic E-state index is -0.482. The Labute approximate surface area is 101 Å². The first-order valence-corrected chi connectivity index (χ1v) is 5.68. The first-order valence-electron chi connectivity index (χ1n) is 5.68. The zero-order valence-corrected chi connectivity index (χ0v) is 9.94. The lowest BCUT2D eigenvalue weighted by Crippen LogP contribution is -2.28. The molecule has 0 atom stereocenters. The van der Waals surface area contributed by atoms with Crippen molar-refractivity contribution in [3.63, 3.8) is 0 Å². The van der Waals surface area contributed by atoms with E-state index in [1.807, 2.05) is 30.3 Å². The molecule has 0 aliphatic heterocycles. The van der Waals surface area contributed by atoms with Crippen molar-refractivity contribution < 1.29 is 14.3 Å². The summed E-state index contributed by atoms with van der Waals surface area (Å²) in [4.78, 5) is 22.3. The molecule has 4 heteroatoms. The Hall–Kier alpha value is -1.84. The summed E-state index contributed by atoms with van der Waals surface area (Å²) in [6, 6.07) is 9.85. The summed E-state index contributed by atoms with van der Waals surface area (Å²) in [5, 5.41) is 2.68. The molecule has 92 valence electrons. The number of carbonyl (C=O) groups is 2. The third-order valence-electron chi connectivity index (χ3n) is 2.19. The van der Waals surface area contributed by atoms with Gasteiger partial charge in [0.15, 0.2) is 0 Å². The molecule has 0 radical (unpaired) electrons. The van der Waals surface area contributed by atoms with E-state index < -0.39 is 5.97 Å². The van der Waals surface area contributed by atoms with Crippen LogP contribution < -0.4 is 5.32 Å². The molecule has 0 aromatic heterocycles. The fourth-order valence-electron chi connectivity index (χ4n) is 1.40. The maximum absolute atomic E-state index is 11.3. The molecule has 0 heterocycles. The SMILES string of the molecule is CCOC(=O)CC(=O)NCCc1ccccc1. The van der Waals surface area contributed by atoms with E-state index in [9.17, 15) is 9.59 Å². The summed E-state index contributed by atoms with van der Waals surface area (Å²) >= 11 is 0. The highest BCUT2D eigenvalue weighted by atomic mass is 16.5. The summed E-state index contributed by atoms with van der Waals surface area (Å²) < 4.78 is 4.68. The van der Waals surface area contributed by atoms with Gasteiger partial charge in [0, 0.05) is 6.54 Å². The van der Waals surface area contributed by atoms with E-state index >= 15 is 0 Å². The largest absolute Gasteiger partial charge is 0.466 e. The number of esters is 1. The Kier molecular flexibility index (Phi) is 5.79. The number of hydrogen-bond acceptors (Lipinski definition) is 3. The van der Waals surface area contributed by atoms with Crippen molar-refractivity contribution in [3.8, 4) is 0 Å². The lowest BCUT2D eigenvalue weighted by atomic mass is 10.1. The van der Waals surface area contributed by atoms with Crippen molar-refractivity contribution in [2.75, 3.05) is 13.2 Å². The molecular formula is C13H17NO3. The molecule has 0 aliphatic rings. The smallest absolute Gasteiger partial charge is 0.315 e. The number of nitrogens with one attached hydrogen (secondary N) is 1.